The number of fused-ring (bicyclic) bond motifs is 1. The van der Waals surface area contributed by atoms with Crippen LogP contribution in [0.5, 0.6) is 11.5 Å². The summed E-state index contributed by atoms with van der Waals surface area (Å²) in [5, 5.41) is 0. The van der Waals surface area contributed by atoms with Gasteiger partial charge in [0, 0.05) is 38.3 Å². The smallest absolute Gasteiger partial charge is 0.253 e. The molecule has 0 spiro atoms. The van der Waals surface area contributed by atoms with E-state index in [0.717, 1.165) is 43.0 Å². The number of ether oxygens (including phenoxy) is 2. The molecule has 2 heterocycles. The van der Waals surface area contributed by atoms with E-state index in [1.54, 1.807) is 25.1 Å². The number of nitrogens with one attached hydrogen (secondary N) is 1. The zero-order chi connectivity index (χ0) is 21.3. The monoisotopic (exact) mass is 431 g/mol. The van der Waals surface area contributed by atoms with Crippen LogP contribution in [0.4, 0.5) is 5.69 Å². The summed E-state index contributed by atoms with van der Waals surface area (Å²) in [4.78, 5) is 17.0. The van der Waals surface area contributed by atoms with Crippen LogP contribution in [0.3, 0.4) is 0 Å². The lowest BCUT2D eigenvalue weighted by Gasteiger charge is -2.35. The molecule has 0 aromatic heterocycles. The first-order valence-electron chi connectivity index (χ1n) is 9.77. The predicted molar refractivity (Wildman–Crippen MR) is 113 cm³/mol. The summed E-state index contributed by atoms with van der Waals surface area (Å²) in [6, 6.07) is 11.0. The highest BCUT2D eigenvalue weighted by molar-refractivity contribution is 7.92. The number of hydrogen-bond donors (Lipinski definition) is 1. The molecule has 0 saturated carbocycles. The summed E-state index contributed by atoms with van der Waals surface area (Å²) in [6.07, 6.45) is 1.11. The molecule has 2 aromatic rings. The van der Waals surface area contributed by atoms with Crippen LogP contribution in [0.15, 0.2) is 36.4 Å². The number of hydrogen-bond acceptors (Lipinski definition) is 6. The summed E-state index contributed by atoms with van der Waals surface area (Å²) in [7, 11) is -3.35. The molecule has 0 atom stereocenters. The SMILES string of the molecule is Cc1cc(C(=O)N2CCN(Cc3ccc4c(c3)OCO4)CC2)ccc1NS(C)(=O)=O. The molecule has 2 aliphatic rings. The van der Waals surface area contributed by atoms with Crippen LogP contribution in [0.25, 0.3) is 0 Å². The van der Waals surface area contributed by atoms with E-state index in [9.17, 15) is 13.2 Å². The Balaban J connectivity index is 1.34. The second-order valence-corrected chi connectivity index (χ2v) is 9.41. The van der Waals surface area contributed by atoms with Gasteiger partial charge in [0.15, 0.2) is 11.5 Å². The molecule has 9 heteroatoms. The van der Waals surface area contributed by atoms with Crippen molar-refractivity contribution in [3.63, 3.8) is 0 Å². The summed E-state index contributed by atoms with van der Waals surface area (Å²) < 4.78 is 36.1. The van der Waals surface area contributed by atoms with Crippen molar-refractivity contribution in [2.24, 2.45) is 0 Å². The zero-order valence-electron chi connectivity index (χ0n) is 17.1. The second-order valence-electron chi connectivity index (χ2n) is 7.66. The molecular weight excluding hydrogens is 406 g/mol. The van der Waals surface area contributed by atoms with Crippen molar-refractivity contribution in [2.45, 2.75) is 13.5 Å². The third kappa shape index (κ3) is 4.68. The minimum Gasteiger partial charge on any atom is -0.454 e. The van der Waals surface area contributed by atoms with Gasteiger partial charge >= 0.3 is 0 Å². The van der Waals surface area contributed by atoms with Gasteiger partial charge in [-0.1, -0.05) is 6.07 Å². The maximum absolute atomic E-state index is 12.9. The average molecular weight is 432 g/mol. The number of carbonyl (C=O) groups is 1. The van der Waals surface area contributed by atoms with Gasteiger partial charge in [-0.3, -0.25) is 14.4 Å². The van der Waals surface area contributed by atoms with E-state index in [4.69, 9.17) is 9.47 Å². The minimum absolute atomic E-state index is 0.0354. The van der Waals surface area contributed by atoms with Crippen molar-refractivity contribution in [3.05, 3.63) is 53.1 Å². The van der Waals surface area contributed by atoms with Gasteiger partial charge in [-0.2, -0.15) is 0 Å². The van der Waals surface area contributed by atoms with Crippen LogP contribution in [0, 0.1) is 6.92 Å². The van der Waals surface area contributed by atoms with E-state index in [-0.39, 0.29) is 12.7 Å². The van der Waals surface area contributed by atoms with E-state index in [1.807, 2.05) is 23.1 Å². The van der Waals surface area contributed by atoms with E-state index in [0.29, 0.717) is 29.9 Å². The number of benzene rings is 2. The molecule has 1 amide bonds. The van der Waals surface area contributed by atoms with Gasteiger partial charge in [0.2, 0.25) is 16.8 Å². The van der Waals surface area contributed by atoms with Crippen LogP contribution in [0.1, 0.15) is 21.5 Å². The molecule has 2 aliphatic heterocycles. The third-order valence-electron chi connectivity index (χ3n) is 5.27. The summed E-state index contributed by atoms with van der Waals surface area (Å²) in [5.74, 6) is 1.53. The molecule has 0 unspecified atom stereocenters. The zero-order valence-corrected chi connectivity index (χ0v) is 17.9. The van der Waals surface area contributed by atoms with Crippen molar-refractivity contribution >= 4 is 21.6 Å². The normalized spacial score (nSPS) is 16.5. The topological polar surface area (TPSA) is 88.2 Å². The lowest BCUT2D eigenvalue weighted by atomic mass is 10.1. The number of nitrogens with zero attached hydrogens (tertiary/aromatic N) is 2. The van der Waals surface area contributed by atoms with Crippen molar-refractivity contribution in [1.29, 1.82) is 0 Å². The van der Waals surface area contributed by atoms with Crippen LogP contribution in [-0.2, 0) is 16.6 Å². The predicted octanol–water partition coefficient (Wildman–Crippen LogP) is 2.05. The Hall–Kier alpha value is -2.78. The summed E-state index contributed by atoms with van der Waals surface area (Å²) >= 11 is 0. The van der Waals surface area contributed by atoms with E-state index >= 15 is 0 Å². The number of rotatable bonds is 5. The lowest BCUT2D eigenvalue weighted by molar-refractivity contribution is 0.0628. The molecule has 4 rings (SSSR count). The van der Waals surface area contributed by atoms with Gasteiger partial charge in [0.05, 0.1) is 11.9 Å². The Bertz CT molecular complexity index is 1060. The summed E-state index contributed by atoms with van der Waals surface area (Å²) in [5.41, 5.74) is 2.93. The lowest BCUT2D eigenvalue weighted by Crippen LogP contribution is -2.48. The largest absolute Gasteiger partial charge is 0.454 e. The number of carbonyl (C=O) groups excluding carboxylic acids is 1. The Morgan fingerprint density at radius 1 is 1.03 bits per heavy atom. The standard InChI is InChI=1S/C21H25N3O5S/c1-15-11-17(4-5-18(15)22-30(2,26)27)21(25)24-9-7-23(8-10-24)13-16-3-6-19-20(12-16)29-14-28-19/h3-6,11-12,22H,7-10,13-14H2,1-2H3. The number of aryl methyl sites for hydroxylation is 1. The molecular formula is C21H25N3O5S. The maximum Gasteiger partial charge on any atom is 0.253 e. The van der Waals surface area contributed by atoms with Crippen LogP contribution < -0.4 is 14.2 Å². The van der Waals surface area contributed by atoms with Crippen molar-refractivity contribution in [3.8, 4) is 11.5 Å². The number of anilines is 1. The quantitative estimate of drug-likeness (QED) is 0.780. The summed E-state index contributed by atoms with van der Waals surface area (Å²) in [6.45, 7) is 5.71. The van der Waals surface area contributed by atoms with E-state index in [2.05, 4.69) is 9.62 Å². The Morgan fingerprint density at radius 3 is 2.47 bits per heavy atom. The van der Waals surface area contributed by atoms with Gasteiger partial charge in [-0.25, -0.2) is 8.42 Å². The first kappa shape index (κ1) is 20.5. The fourth-order valence-electron chi connectivity index (χ4n) is 3.70. The van der Waals surface area contributed by atoms with E-state index < -0.39 is 10.0 Å². The number of amides is 1. The first-order valence-corrected chi connectivity index (χ1v) is 11.7. The average Bonchev–Trinajstić information content (AvgIpc) is 3.16. The Labute approximate surface area is 176 Å². The number of piperazine rings is 1. The van der Waals surface area contributed by atoms with E-state index in [1.165, 1.54) is 0 Å². The van der Waals surface area contributed by atoms with Gasteiger partial charge in [-0.05, 0) is 48.4 Å². The maximum atomic E-state index is 12.9. The van der Waals surface area contributed by atoms with Crippen LogP contribution in [-0.4, -0.2) is 63.4 Å². The Morgan fingerprint density at radius 2 is 1.77 bits per heavy atom. The molecule has 0 radical (unpaired) electrons. The fraction of sp³-hybridized carbons (Fsp3) is 0.381. The molecule has 8 nitrogen and oxygen atoms in total. The highest BCUT2D eigenvalue weighted by atomic mass is 32.2. The van der Waals surface area contributed by atoms with Crippen molar-refractivity contribution in [1.82, 2.24) is 9.80 Å². The van der Waals surface area contributed by atoms with Crippen LogP contribution >= 0.6 is 0 Å². The van der Waals surface area contributed by atoms with Crippen molar-refractivity contribution in [2.75, 3.05) is 43.9 Å². The minimum atomic E-state index is -3.35. The second kappa shape index (κ2) is 8.16. The van der Waals surface area contributed by atoms with Gasteiger partial charge in [0.1, 0.15) is 0 Å². The van der Waals surface area contributed by atoms with Crippen LogP contribution in [0.2, 0.25) is 0 Å². The molecule has 0 bridgehead atoms. The highest BCUT2D eigenvalue weighted by Crippen LogP contribution is 2.32. The molecule has 1 saturated heterocycles. The highest BCUT2D eigenvalue weighted by Gasteiger charge is 2.23. The third-order valence-corrected chi connectivity index (χ3v) is 5.86. The van der Waals surface area contributed by atoms with Gasteiger partial charge in [0.25, 0.3) is 5.91 Å². The number of sulfonamides is 1. The fourth-order valence-corrected chi connectivity index (χ4v) is 4.33. The molecule has 160 valence electrons. The van der Waals surface area contributed by atoms with Crippen molar-refractivity contribution < 1.29 is 22.7 Å². The molecule has 30 heavy (non-hydrogen) atoms. The first-order chi connectivity index (χ1) is 14.3. The van der Waals surface area contributed by atoms with Gasteiger partial charge < -0.3 is 14.4 Å². The molecule has 1 fully saturated rings. The van der Waals surface area contributed by atoms with Gasteiger partial charge in [-0.15, -0.1) is 0 Å². The molecule has 2 aromatic carbocycles. The molecule has 1 N–H and O–H groups in total. The molecule has 0 aliphatic carbocycles. The Kier molecular flexibility index (Phi) is 5.57.